The smallest absolute Gasteiger partial charge is 0.543 e. The van der Waals surface area contributed by atoms with Gasteiger partial charge >= 0.3 is 29.6 Å². The molecule has 0 bridgehead atoms. The van der Waals surface area contributed by atoms with Crippen molar-refractivity contribution in [3.05, 3.63) is 10.6 Å². The second-order valence-corrected chi connectivity index (χ2v) is 6.63. The van der Waals surface area contributed by atoms with Crippen molar-refractivity contribution in [1.82, 2.24) is 9.80 Å². The molecule has 8 nitrogen and oxygen atoms in total. The maximum absolute atomic E-state index is 12.0. The summed E-state index contributed by atoms with van der Waals surface area (Å²) in [6, 6.07) is 0. The van der Waals surface area contributed by atoms with E-state index in [1.165, 1.54) is 6.92 Å². The van der Waals surface area contributed by atoms with Gasteiger partial charge in [0.25, 0.3) is 0 Å². The van der Waals surface area contributed by atoms with Crippen molar-refractivity contribution in [1.29, 1.82) is 0 Å². The van der Waals surface area contributed by atoms with E-state index in [0.717, 1.165) is 21.6 Å². The Morgan fingerprint density at radius 2 is 1.91 bits per heavy atom. The zero-order valence-electron chi connectivity index (χ0n) is 12.6. The monoisotopic (exact) mass is 348 g/mol. The van der Waals surface area contributed by atoms with Crippen LogP contribution in [0.3, 0.4) is 0 Å². The number of aliphatic carboxylic acids is 1. The molecule has 0 unspecified atom stereocenters. The van der Waals surface area contributed by atoms with Crippen molar-refractivity contribution >= 4 is 35.5 Å². The van der Waals surface area contributed by atoms with Crippen LogP contribution >= 0.6 is 11.8 Å². The van der Waals surface area contributed by atoms with Crippen molar-refractivity contribution in [3.63, 3.8) is 0 Å². The number of fused-ring (bicyclic) bond motifs is 1. The maximum atomic E-state index is 12.0. The number of hydrogen-bond donors (Lipinski definition) is 1. The van der Waals surface area contributed by atoms with Gasteiger partial charge in [0.05, 0.1) is 30.2 Å². The molecule has 3 aliphatic heterocycles. The fraction of sp³-hybridized carbons (Fsp3) is 0.538. The van der Waals surface area contributed by atoms with E-state index < -0.39 is 29.3 Å². The fourth-order valence-electron chi connectivity index (χ4n) is 2.90. The predicted octanol–water partition coefficient (Wildman–Crippen LogP) is -4.99. The van der Waals surface area contributed by atoms with E-state index in [2.05, 4.69) is 0 Å². The SMILES string of the molecule is C[C@@H](O)[C@H]1C(=O)N2C(C(=O)[O-])=C(CN3C(=O)CCC3=O)S[C@H]12.[Na+]. The first-order valence-corrected chi connectivity index (χ1v) is 7.66. The van der Waals surface area contributed by atoms with E-state index in [1.807, 2.05) is 0 Å². The summed E-state index contributed by atoms with van der Waals surface area (Å²) in [7, 11) is 0. The molecule has 3 heterocycles. The molecule has 0 saturated carbocycles. The largest absolute Gasteiger partial charge is 1.00 e. The van der Waals surface area contributed by atoms with Crippen LogP contribution in [0.1, 0.15) is 19.8 Å². The van der Waals surface area contributed by atoms with Crippen LogP contribution in [0.4, 0.5) is 0 Å². The summed E-state index contributed by atoms with van der Waals surface area (Å²) in [5.74, 6) is -3.42. The molecule has 10 heteroatoms. The number of thioether (sulfide) groups is 1. The van der Waals surface area contributed by atoms with Crippen molar-refractivity contribution in [2.24, 2.45) is 5.92 Å². The third-order valence-electron chi connectivity index (χ3n) is 4.02. The van der Waals surface area contributed by atoms with Crippen molar-refractivity contribution < 1.29 is 58.9 Å². The Morgan fingerprint density at radius 1 is 1.35 bits per heavy atom. The number of aliphatic hydroxyl groups is 1. The topological polar surface area (TPSA) is 118 Å². The van der Waals surface area contributed by atoms with Crippen LogP contribution in [0.25, 0.3) is 0 Å². The summed E-state index contributed by atoms with van der Waals surface area (Å²) in [6.07, 6.45) is -0.682. The summed E-state index contributed by atoms with van der Waals surface area (Å²) in [5.41, 5.74) is -0.301. The zero-order chi connectivity index (χ0) is 16.2. The number of hydrogen-bond acceptors (Lipinski definition) is 7. The number of amides is 3. The van der Waals surface area contributed by atoms with Gasteiger partial charge in [-0.1, -0.05) is 11.8 Å². The van der Waals surface area contributed by atoms with E-state index in [1.54, 1.807) is 0 Å². The standard InChI is InChI=1S/C13H14N2O6S.Na/c1-5(16)9-11(19)15-10(13(20)21)6(22-12(9)15)4-14-7(17)2-3-8(14)18;/h5,9,12,16H,2-4H2,1H3,(H,20,21);/q;+1/p-1/t5-,9+,12-;/m1./s1. The van der Waals surface area contributed by atoms with Crippen LogP contribution < -0.4 is 34.7 Å². The molecule has 3 amide bonds. The molecule has 0 aromatic rings. The molecule has 2 fully saturated rings. The summed E-state index contributed by atoms with van der Waals surface area (Å²) in [5, 5.41) is 20.4. The average Bonchev–Trinajstić information content (AvgIpc) is 2.91. The second kappa shape index (κ2) is 6.56. The van der Waals surface area contributed by atoms with Gasteiger partial charge in [-0.3, -0.25) is 24.2 Å². The molecule has 0 aromatic carbocycles. The number of nitrogens with zero attached hydrogens (tertiary/aromatic N) is 2. The summed E-state index contributed by atoms with van der Waals surface area (Å²) in [4.78, 5) is 48.9. The maximum Gasteiger partial charge on any atom is 1.00 e. The fourth-order valence-corrected chi connectivity index (χ4v) is 4.49. The van der Waals surface area contributed by atoms with Gasteiger partial charge in [-0.15, -0.1) is 0 Å². The van der Waals surface area contributed by atoms with Crippen LogP contribution in [0.15, 0.2) is 10.6 Å². The van der Waals surface area contributed by atoms with Gasteiger partial charge in [-0.2, -0.15) is 0 Å². The van der Waals surface area contributed by atoms with Gasteiger partial charge in [-0.05, 0) is 6.92 Å². The molecule has 3 rings (SSSR count). The molecule has 23 heavy (non-hydrogen) atoms. The Labute approximate surface area is 158 Å². The van der Waals surface area contributed by atoms with Crippen LogP contribution in [0.5, 0.6) is 0 Å². The summed E-state index contributed by atoms with van der Waals surface area (Å²) < 4.78 is 0. The van der Waals surface area contributed by atoms with Crippen LogP contribution in [-0.2, 0) is 19.2 Å². The number of rotatable bonds is 4. The Hall–Kier alpha value is -0.870. The van der Waals surface area contributed by atoms with Crippen molar-refractivity contribution in [2.75, 3.05) is 6.54 Å². The van der Waals surface area contributed by atoms with E-state index >= 15 is 0 Å². The van der Waals surface area contributed by atoms with Gasteiger partial charge < -0.3 is 15.0 Å². The molecule has 3 aliphatic rings. The first-order valence-electron chi connectivity index (χ1n) is 6.78. The van der Waals surface area contributed by atoms with Gasteiger partial charge in [0.1, 0.15) is 5.37 Å². The minimum absolute atomic E-state index is 0. The quantitative estimate of drug-likeness (QED) is 0.307. The molecule has 118 valence electrons. The molecule has 3 atom stereocenters. The molecule has 0 aliphatic carbocycles. The number of carboxylic acid groups (broad SMARTS) is 1. The Kier molecular flexibility index (Phi) is 5.27. The predicted molar refractivity (Wildman–Crippen MR) is 71.4 cm³/mol. The molecular weight excluding hydrogens is 335 g/mol. The van der Waals surface area contributed by atoms with E-state index in [9.17, 15) is 29.4 Å². The number of carbonyl (C=O) groups excluding carboxylic acids is 4. The number of likely N-dealkylation sites (tertiary alicyclic amines) is 1. The number of carbonyl (C=O) groups is 4. The molecule has 0 aromatic heterocycles. The zero-order valence-corrected chi connectivity index (χ0v) is 15.5. The van der Waals surface area contributed by atoms with E-state index in [4.69, 9.17) is 0 Å². The van der Waals surface area contributed by atoms with Crippen LogP contribution in [0.2, 0.25) is 0 Å². The van der Waals surface area contributed by atoms with Crippen molar-refractivity contribution in [2.45, 2.75) is 31.2 Å². The second-order valence-electron chi connectivity index (χ2n) is 5.42. The first kappa shape index (κ1) is 18.5. The number of carboxylic acids is 1. The van der Waals surface area contributed by atoms with Crippen molar-refractivity contribution in [3.8, 4) is 0 Å². The molecule has 1 N–H and O–H groups in total. The Balaban J connectivity index is 0.00000192. The number of aliphatic hydroxyl groups excluding tert-OH is 1. The number of imide groups is 1. The number of β-lactam (4-membered cyclic amide) rings is 1. The minimum Gasteiger partial charge on any atom is -0.543 e. The molecular formula is C13H13N2NaO6S. The van der Waals surface area contributed by atoms with E-state index in [0.29, 0.717) is 0 Å². The average molecular weight is 348 g/mol. The van der Waals surface area contributed by atoms with Gasteiger partial charge in [0, 0.05) is 17.7 Å². The van der Waals surface area contributed by atoms with E-state index in [-0.39, 0.29) is 71.4 Å². The molecule has 0 spiro atoms. The Bertz CT molecular complexity index is 618. The summed E-state index contributed by atoms with van der Waals surface area (Å²) >= 11 is 1.09. The Morgan fingerprint density at radius 3 is 2.39 bits per heavy atom. The van der Waals surface area contributed by atoms with Crippen LogP contribution in [0, 0.1) is 5.92 Å². The normalized spacial score (nSPS) is 27.8. The van der Waals surface area contributed by atoms with Gasteiger partial charge in [-0.25, -0.2) is 0 Å². The minimum atomic E-state index is -1.53. The molecule has 0 radical (unpaired) electrons. The third kappa shape index (κ3) is 2.85. The van der Waals surface area contributed by atoms with Crippen LogP contribution in [-0.4, -0.2) is 56.6 Å². The first-order chi connectivity index (χ1) is 10.3. The molecule has 2 saturated heterocycles. The summed E-state index contributed by atoms with van der Waals surface area (Å²) in [6.45, 7) is 1.29. The van der Waals surface area contributed by atoms with Gasteiger partial charge in [0.15, 0.2) is 0 Å². The van der Waals surface area contributed by atoms with Gasteiger partial charge in [0.2, 0.25) is 17.7 Å². The third-order valence-corrected chi connectivity index (χ3v) is 5.37.